The summed E-state index contributed by atoms with van der Waals surface area (Å²) in [7, 11) is -0.539. The van der Waals surface area contributed by atoms with Crippen LogP contribution in [0.2, 0.25) is 6.82 Å². The number of rotatable bonds is 0. The zero-order valence-corrected chi connectivity index (χ0v) is 9.39. The molecule has 43 valence electrons. The van der Waals surface area contributed by atoms with Crippen LogP contribution in [0.1, 0.15) is 0 Å². The number of halogens is 2. The molecule has 0 aromatic rings. The second-order valence-corrected chi connectivity index (χ2v) is 12.5. The summed E-state index contributed by atoms with van der Waals surface area (Å²) in [5, 5.41) is 15.2. The predicted octanol–water partition coefficient (Wildman–Crippen LogP) is 0.858. The average molecular weight is 365 g/mol. The fraction of sp³-hybridized carbons (Fsp3) is 1.00. The van der Waals surface area contributed by atoms with Crippen LogP contribution in [0, 0.1) is 0 Å². The molecular formula is CH5BI2O2V. The van der Waals surface area contributed by atoms with Gasteiger partial charge in [0.2, 0.25) is 0 Å². The Kier molecular flexibility index (Phi) is 18.4. The Bertz CT molecular complexity index is 26.9. The van der Waals surface area contributed by atoms with Crippen LogP contribution < -0.4 is 0 Å². The van der Waals surface area contributed by atoms with E-state index < -0.39 is 7.12 Å². The fourth-order valence-electron chi connectivity index (χ4n) is 0. The van der Waals surface area contributed by atoms with Crippen LogP contribution in [-0.2, 0) is 9.47 Å². The van der Waals surface area contributed by atoms with Crippen molar-refractivity contribution in [2.45, 2.75) is 6.82 Å². The Hall–Kier alpha value is 2.03. The summed E-state index contributed by atoms with van der Waals surface area (Å²) in [6, 6.07) is 0. The van der Waals surface area contributed by atoms with Crippen molar-refractivity contribution in [3.8, 4) is 0 Å². The van der Waals surface area contributed by atoms with Crippen LogP contribution in [0.3, 0.4) is 0 Å². The van der Waals surface area contributed by atoms with Gasteiger partial charge in [0.1, 0.15) is 0 Å². The monoisotopic (exact) mass is 365 g/mol. The van der Waals surface area contributed by atoms with E-state index in [0.717, 1.165) is 0 Å². The number of hydrogen-bond acceptors (Lipinski definition) is 2. The van der Waals surface area contributed by atoms with Gasteiger partial charge in [-0.15, -0.1) is 0 Å². The van der Waals surface area contributed by atoms with Crippen LogP contribution in [0.4, 0.5) is 0 Å². The Balaban J connectivity index is 0. The van der Waals surface area contributed by atoms with E-state index in [-0.39, 0.29) is 0 Å². The maximum atomic E-state index is 7.61. The third-order valence-corrected chi connectivity index (χ3v) is 0. The third-order valence-electron chi connectivity index (χ3n) is 0. The summed E-state index contributed by atoms with van der Waals surface area (Å²) in [5.74, 6) is 0. The van der Waals surface area contributed by atoms with Gasteiger partial charge in [-0.1, -0.05) is 0 Å². The van der Waals surface area contributed by atoms with Crippen molar-refractivity contribution in [3.63, 3.8) is 0 Å². The van der Waals surface area contributed by atoms with E-state index in [9.17, 15) is 0 Å². The molecule has 0 atom stereocenters. The van der Waals surface area contributed by atoms with Crippen molar-refractivity contribution in [3.05, 3.63) is 0 Å². The molecule has 2 N–H and O–H groups in total. The molecule has 0 aliphatic heterocycles. The molecule has 0 heterocycles. The van der Waals surface area contributed by atoms with Gasteiger partial charge in [0, 0.05) is 0 Å². The normalized spacial score (nSPS) is 5.86. The number of hydrogen-bond donors (Lipinski definition) is 2. The molecule has 6 heteroatoms. The second-order valence-electron chi connectivity index (χ2n) is 0.696. The Morgan fingerprint density at radius 3 is 1.43 bits per heavy atom. The van der Waals surface area contributed by atoms with Gasteiger partial charge >= 0.3 is 56.5 Å². The van der Waals surface area contributed by atoms with Crippen molar-refractivity contribution in [1.29, 1.82) is 0 Å². The van der Waals surface area contributed by atoms with Gasteiger partial charge in [0.15, 0.2) is 0 Å². The molecule has 0 radical (unpaired) electrons. The quantitative estimate of drug-likeness (QED) is 0.494. The van der Waals surface area contributed by atoms with E-state index in [4.69, 9.17) is 10.0 Å². The predicted molar refractivity (Wildman–Crippen MR) is 44.1 cm³/mol. The van der Waals surface area contributed by atoms with E-state index in [1.165, 1.54) is 6.82 Å². The Labute approximate surface area is 72.4 Å². The van der Waals surface area contributed by atoms with Gasteiger partial charge in [-0.3, -0.25) is 0 Å². The zero-order valence-electron chi connectivity index (χ0n) is 3.67. The Morgan fingerprint density at radius 2 is 1.43 bits per heavy atom. The minimum absolute atomic E-state index is 0.628. The molecule has 0 aliphatic rings. The van der Waals surface area contributed by atoms with Crippen molar-refractivity contribution < 1.29 is 19.5 Å². The van der Waals surface area contributed by atoms with Crippen LogP contribution >= 0.6 is 40.0 Å². The molecule has 0 rings (SSSR count). The molecular weight excluding hydrogens is 360 g/mol. The molecule has 0 aromatic carbocycles. The molecule has 0 unspecified atom stereocenters. The first-order chi connectivity index (χ1) is 3.15. The summed E-state index contributed by atoms with van der Waals surface area (Å²) in [4.78, 5) is 0. The van der Waals surface area contributed by atoms with E-state index in [2.05, 4.69) is 40.0 Å². The Morgan fingerprint density at radius 1 is 1.43 bits per heavy atom. The molecule has 0 amide bonds. The van der Waals surface area contributed by atoms with Gasteiger partial charge in [0.05, 0.1) is 0 Å². The third kappa shape index (κ3) is 70.9. The van der Waals surface area contributed by atoms with Gasteiger partial charge in [-0.25, -0.2) is 0 Å². The SMILES string of the molecule is CB(O)O.[I][V][I]. The van der Waals surface area contributed by atoms with Gasteiger partial charge in [0.25, 0.3) is 0 Å². The summed E-state index contributed by atoms with van der Waals surface area (Å²) in [6.07, 6.45) is 0. The summed E-state index contributed by atoms with van der Waals surface area (Å²) < 4.78 is 0. The molecule has 0 aromatic heterocycles. The van der Waals surface area contributed by atoms with Gasteiger partial charge < -0.3 is 10.0 Å². The standard InChI is InChI=1S/CH5BO2.2HI.V/c1-2(3)4;;;/h3-4H,1H3;2*1H;/q;;;+2/p-2. The van der Waals surface area contributed by atoms with Crippen molar-refractivity contribution in [1.82, 2.24) is 0 Å². The van der Waals surface area contributed by atoms with E-state index in [0.29, 0.717) is 9.47 Å². The van der Waals surface area contributed by atoms with Gasteiger partial charge in [-0.2, -0.15) is 0 Å². The van der Waals surface area contributed by atoms with Crippen LogP contribution in [-0.4, -0.2) is 17.2 Å². The molecule has 0 fully saturated rings. The molecule has 0 aliphatic carbocycles. The molecule has 0 spiro atoms. The first-order valence-corrected chi connectivity index (χ1v) is 10.4. The topological polar surface area (TPSA) is 40.5 Å². The molecule has 2 nitrogen and oxygen atoms in total. The zero-order chi connectivity index (χ0) is 6.28. The molecule has 0 saturated heterocycles. The molecule has 0 bridgehead atoms. The van der Waals surface area contributed by atoms with Crippen molar-refractivity contribution in [2.75, 3.05) is 0 Å². The first kappa shape index (κ1) is 11.8. The summed E-state index contributed by atoms with van der Waals surface area (Å²) >= 11 is 4.74. The average Bonchev–Trinajstić information content (AvgIpc) is 1.33. The van der Waals surface area contributed by atoms with E-state index >= 15 is 0 Å². The van der Waals surface area contributed by atoms with Gasteiger partial charge in [-0.05, 0) is 6.82 Å². The maximum absolute atomic E-state index is 7.61. The first-order valence-electron chi connectivity index (χ1n) is 1.43. The van der Waals surface area contributed by atoms with Crippen LogP contribution in [0.15, 0.2) is 0 Å². The minimum atomic E-state index is -1.17. The van der Waals surface area contributed by atoms with E-state index in [1.807, 2.05) is 0 Å². The summed E-state index contributed by atoms with van der Waals surface area (Å²) in [6.45, 7) is 1.28. The van der Waals surface area contributed by atoms with Crippen molar-refractivity contribution in [2.24, 2.45) is 0 Å². The summed E-state index contributed by atoms with van der Waals surface area (Å²) in [5.41, 5.74) is 0. The van der Waals surface area contributed by atoms with Crippen molar-refractivity contribution >= 4 is 47.1 Å². The molecule has 0 saturated carbocycles. The molecule has 7 heavy (non-hydrogen) atoms. The van der Waals surface area contributed by atoms with E-state index in [1.54, 1.807) is 0 Å². The van der Waals surface area contributed by atoms with Crippen LogP contribution in [0.25, 0.3) is 0 Å². The fourth-order valence-corrected chi connectivity index (χ4v) is 0. The van der Waals surface area contributed by atoms with Crippen LogP contribution in [0.5, 0.6) is 0 Å². The second kappa shape index (κ2) is 10.9.